The lowest BCUT2D eigenvalue weighted by atomic mass is 10.0. The fourth-order valence-electron chi connectivity index (χ4n) is 2.81. The maximum Gasteiger partial charge on any atom is 0.238 e. The van der Waals surface area contributed by atoms with Crippen molar-refractivity contribution in [2.75, 3.05) is 7.11 Å². The zero-order chi connectivity index (χ0) is 18.0. The van der Waals surface area contributed by atoms with Gasteiger partial charge in [0.05, 0.1) is 7.11 Å². The van der Waals surface area contributed by atoms with Gasteiger partial charge >= 0.3 is 0 Å². The molecule has 25 heavy (non-hydrogen) atoms. The molecule has 128 valence electrons. The van der Waals surface area contributed by atoms with E-state index >= 15 is 0 Å². The zero-order valence-electron chi connectivity index (χ0n) is 14.3. The standard InChI is InChI=1S/C21H20O4/c1-13(2)9-10-15-11-12-16(24-3)17-18(22)19(23)21(25-20(15)17)14-7-5-4-6-8-14/h4-8,11-12,23H,1,9-10H2,2-3H3. The van der Waals surface area contributed by atoms with Crippen molar-refractivity contribution in [3.05, 3.63) is 70.4 Å². The molecule has 0 amide bonds. The summed E-state index contributed by atoms with van der Waals surface area (Å²) in [6.45, 7) is 5.89. The minimum atomic E-state index is -0.492. The Morgan fingerprint density at radius 3 is 2.56 bits per heavy atom. The maximum absolute atomic E-state index is 12.8. The Morgan fingerprint density at radius 1 is 1.20 bits per heavy atom. The monoisotopic (exact) mass is 336 g/mol. The number of hydrogen-bond donors (Lipinski definition) is 1. The van der Waals surface area contributed by atoms with Crippen LogP contribution in [-0.2, 0) is 6.42 Å². The molecule has 1 aromatic heterocycles. The molecule has 4 heteroatoms. The van der Waals surface area contributed by atoms with Crippen LogP contribution >= 0.6 is 0 Å². The SMILES string of the molecule is C=C(C)CCc1ccc(OC)c2c(=O)c(O)c(-c3ccccc3)oc12. The molecule has 2 aromatic carbocycles. The van der Waals surface area contributed by atoms with Crippen LogP contribution < -0.4 is 10.2 Å². The molecule has 4 nitrogen and oxygen atoms in total. The molecule has 0 saturated heterocycles. The van der Waals surface area contributed by atoms with Crippen molar-refractivity contribution in [2.24, 2.45) is 0 Å². The van der Waals surface area contributed by atoms with Crippen LogP contribution in [0.4, 0.5) is 0 Å². The molecular formula is C21H20O4. The highest BCUT2D eigenvalue weighted by Gasteiger charge is 2.20. The number of rotatable bonds is 5. The highest BCUT2D eigenvalue weighted by atomic mass is 16.5. The Balaban J connectivity index is 2.31. The highest BCUT2D eigenvalue weighted by Crippen LogP contribution is 2.35. The number of ether oxygens (including phenoxy) is 1. The number of aryl methyl sites for hydroxylation is 1. The maximum atomic E-state index is 12.8. The molecule has 0 fully saturated rings. The molecule has 0 saturated carbocycles. The molecule has 0 aliphatic rings. The first-order valence-corrected chi connectivity index (χ1v) is 8.08. The second kappa shape index (κ2) is 6.85. The van der Waals surface area contributed by atoms with Crippen LogP contribution in [0, 0.1) is 0 Å². The fourth-order valence-corrected chi connectivity index (χ4v) is 2.81. The Hall–Kier alpha value is -3.01. The Labute approximate surface area is 146 Å². The summed E-state index contributed by atoms with van der Waals surface area (Å²) in [7, 11) is 1.49. The molecule has 0 unspecified atom stereocenters. The van der Waals surface area contributed by atoms with Gasteiger partial charge in [0, 0.05) is 5.56 Å². The third kappa shape index (κ3) is 3.15. The molecule has 3 rings (SSSR count). The number of fused-ring (bicyclic) bond motifs is 1. The van der Waals surface area contributed by atoms with E-state index in [1.807, 2.05) is 31.2 Å². The van der Waals surface area contributed by atoms with Gasteiger partial charge in [-0.2, -0.15) is 0 Å². The van der Waals surface area contributed by atoms with Crippen molar-refractivity contribution < 1.29 is 14.3 Å². The summed E-state index contributed by atoms with van der Waals surface area (Å²) in [4.78, 5) is 12.8. The predicted octanol–water partition coefficient (Wildman–Crippen LogP) is 4.68. The van der Waals surface area contributed by atoms with Crippen molar-refractivity contribution in [2.45, 2.75) is 19.8 Å². The van der Waals surface area contributed by atoms with Gasteiger partial charge in [0.25, 0.3) is 0 Å². The van der Waals surface area contributed by atoms with Crippen LogP contribution in [0.15, 0.2) is 63.8 Å². The predicted molar refractivity (Wildman–Crippen MR) is 99.3 cm³/mol. The minimum Gasteiger partial charge on any atom is -0.502 e. The van der Waals surface area contributed by atoms with Gasteiger partial charge < -0.3 is 14.3 Å². The van der Waals surface area contributed by atoms with E-state index < -0.39 is 11.2 Å². The number of allylic oxidation sites excluding steroid dienone is 1. The molecule has 0 radical (unpaired) electrons. The third-order valence-corrected chi connectivity index (χ3v) is 4.14. The van der Waals surface area contributed by atoms with E-state index in [9.17, 15) is 9.90 Å². The summed E-state index contributed by atoms with van der Waals surface area (Å²) in [6, 6.07) is 12.7. The number of methoxy groups -OCH3 is 1. The van der Waals surface area contributed by atoms with Crippen molar-refractivity contribution >= 4 is 11.0 Å². The molecule has 1 heterocycles. The molecule has 0 bridgehead atoms. The normalized spacial score (nSPS) is 10.8. The molecule has 0 atom stereocenters. The lowest BCUT2D eigenvalue weighted by Crippen LogP contribution is -2.06. The summed E-state index contributed by atoms with van der Waals surface area (Å²) in [5.74, 6) is 0.148. The van der Waals surface area contributed by atoms with E-state index in [1.54, 1.807) is 18.2 Å². The quantitative estimate of drug-likeness (QED) is 0.687. The van der Waals surface area contributed by atoms with Gasteiger partial charge in [0.2, 0.25) is 11.2 Å². The second-order valence-electron chi connectivity index (χ2n) is 6.06. The van der Waals surface area contributed by atoms with Gasteiger partial charge in [-0.15, -0.1) is 6.58 Å². The molecule has 3 aromatic rings. The van der Waals surface area contributed by atoms with E-state index in [0.717, 1.165) is 17.6 Å². The Morgan fingerprint density at radius 2 is 1.92 bits per heavy atom. The van der Waals surface area contributed by atoms with Crippen LogP contribution in [0.5, 0.6) is 11.5 Å². The van der Waals surface area contributed by atoms with Gasteiger partial charge in [-0.05, 0) is 31.4 Å². The first-order chi connectivity index (χ1) is 12.0. The smallest absolute Gasteiger partial charge is 0.238 e. The van der Waals surface area contributed by atoms with E-state index in [-0.39, 0.29) is 11.1 Å². The van der Waals surface area contributed by atoms with E-state index in [0.29, 0.717) is 23.3 Å². The first-order valence-electron chi connectivity index (χ1n) is 8.08. The van der Waals surface area contributed by atoms with E-state index in [2.05, 4.69) is 6.58 Å². The number of hydrogen-bond acceptors (Lipinski definition) is 4. The fraction of sp³-hybridized carbons (Fsp3) is 0.190. The lowest BCUT2D eigenvalue weighted by molar-refractivity contribution is 0.416. The summed E-state index contributed by atoms with van der Waals surface area (Å²) in [5, 5.41) is 10.7. The summed E-state index contributed by atoms with van der Waals surface area (Å²) in [6.07, 6.45) is 1.48. The Bertz CT molecular complexity index is 984. The molecule has 0 spiro atoms. The highest BCUT2D eigenvalue weighted by molar-refractivity contribution is 5.89. The largest absolute Gasteiger partial charge is 0.502 e. The van der Waals surface area contributed by atoms with Crippen molar-refractivity contribution in [3.63, 3.8) is 0 Å². The Kier molecular flexibility index (Phi) is 4.61. The van der Waals surface area contributed by atoms with Crippen LogP contribution in [0.25, 0.3) is 22.3 Å². The molecular weight excluding hydrogens is 316 g/mol. The van der Waals surface area contributed by atoms with Gasteiger partial charge in [-0.3, -0.25) is 4.79 Å². The van der Waals surface area contributed by atoms with Gasteiger partial charge in [-0.25, -0.2) is 0 Å². The van der Waals surface area contributed by atoms with Crippen LogP contribution in [0.2, 0.25) is 0 Å². The average Bonchev–Trinajstić information content (AvgIpc) is 2.63. The number of benzene rings is 2. The van der Waals surface area contributed by atoms with E-state index in [1.165, 1.54) is 7.11 Å². The summed E-state index contributed by atoms with van der Waals surface area (Å²) >= 11 is 0. The van der Waals surface area contributed by atoms with Gasteiger partial charge in [-0.1, -0.05) is 42.0 Å². The molecule has 0 aliphatic heterocycles. The topological polar surface area (TPSA) is 59.7 Å². The van der Waals surface area contributed by atoms with Gasteiger partial charge in [0.1, 0.15) is 16.7 Å². The van der Waals surface area contributed by atoms with Gasteiger partial charge in [0.15, 0.2) is 5.76 Å². The zero-order valence-corrected chi connectivity index (χ0v) is 14.3. The first kappa shape index (κ1) is 16.8. The van der Waals surface area contributed by atoms with Crippen LogP contribution in [0.3, 0.4) is 0 Å². The van der Waals surface area contributed by atoms with E-state index in [4.69, 9.17) is 9.15 Å². The number of aromatic hydroxyl groups is 1. The third-order valence-electron chi connectivity index (χ3n) is 4.14. The molecule has 0 aliphatic carbocycles. The summed E-state index contributed by atoms with van der Waals surface area (Å²) < 4.78 is 11.3. The van der Waals surface area contributed by atoms with Crippen molar-refractivity contribution in [1.29, 1.82) is 0 Å². The van der Waals surface area contributed by atoms with Crippen molar-refractivity contribution in [3.8, 4) is 22.8 Å². The van der Waals surface area contributed by atoms with Crippen molar-refractivity contribution in [1.82, 2.24) is 0 Å². The minimum absolute atomic E-state index is 0.169. The average molecular weight is 336 g/mol. The summed E-state index contributed by atoms with van der Waals surface area (Å²) in [5.41, 5.74) is 2.53. The lowest BCUT2D eigenvalue weighted by Gasteiger charge is -2.12. The van der Waals surface area contributed by atoms with Crippen LogP contribution in [-0.4, -0.2) is 12.2 Å². The molecule has 1 N–H and O–H groups in total. The van der Waals surface area contributed by atoms with Crippen LogP contribution in [0.1, 0.15) is 18.9 Å². The second-order valence-corrected chi connectivity index (χ2v) is 6.06.